The van der Waals surface area contributed by atoms with Crippen LogP contribution in [0.5, 0.6) is 0 Å². The van der Waals surface area contributed by atoms with Crippen molar-refractivity contribution < 1.29 is 9.21 Å². The summed E-state index contributed by atoms with van der Waals surface area (Å²) < 4.78 is 6.96. The van der Waals surface area contributed by atoms with Gasteiger partial charge in [-0.1, -0.05) is 29.8 Å². The number of nitrogens with zero attached hydrogens (tertiary/aromatic N) is 3. The number of hydrogen-bond donors (Lipinski definition) is 1. The smallest absolute Gasteiger partial charge is 0.307 e. The van der Waals surface area contributed by atoms with Gasteiger partial charge < -0.3 is 4.42 Å². The van der Waals surface area contributed by atoms with Gasteiger partial charge in [-0.2, -0.15) is 10.2 Å². The third-order valence-corrected chi connectivity index (χ3v) is 4.00. The lowest BCUT2D eigenvalue weighted by Crippen LogP contribution is -2.16. The Hall–Kier alpha value is -3.15. The fourth-order valence-corrected chi connectivity index (χ4v) is 2.54. The fraction of sp³-hybridized carbons (Fsp3) is 0.211. The van der Waals surface area contributed by atoms with E-state index in [9.17, 15) is 4.79 Å². The highest BCUT2D eigenvalue weighted by Gasteiger charge is 2.11. The second-order valence-electron chi connectivity index (χ2n) is 5.90. The van der Waals surface area contributed by atoms with E-state index in [0.717, 1.165) is 17.0 Å². The van der Waals surface area contributed by atoms with Crippen LogP contribution in [-0.2, 0) is 6.54 Å². The van der Waals surface area contributed by atoms with Crippen molar-refractivity contribution in [2.45, 2.75) is 27.3 Å². The van der Waals surface area contributed by atoms with Crippen molar-refractivity contribution in [3.05, 3.63) is 76.5 Å². The summed E-state index contributed by atoms with van der Waals surface area (Å²) in [5.41, 5.74) is 7.62. The number of rotatable bonds is 5. The standard InChI is InChI=1S/C19H20N4O2/c1-13-6-8-16(9-7-13)12-23-15(3)17(14(2)22-23)11-20-21-19(24)18-5-4-10-25-18/h4-11H,12H2,1-3H3,(H,21,24)/b20-11-. The van der Waals surface area contributed by atoms with Crippen molar-refractivity contribution in [2.24, 2.45) is 5.10 Å². The highest BCUT2D eigenvalue weighted by atomic mass is 16.3. The second kappa shape index (κ2) is 7.17. The van der Waals surface area contributed by atoms with Gasteiger partial charge in [0.1, 0.15) is 0 Å². The van der Waals surface area contributed by atoms with Gasteiger partial charge in [0.2, 0.25) is 0 Å². The molecule has 0 radical (unpaired) electrons. The van der Waals surface area contributed by atoms with Crippen LogP contribution in [0.25, 0.3) is 0 Å². The fourth-order valence-electron chi connectivity index (χ4n) is 2.54. The summed E-state index contributed by atoms with van der Waals surface area (Å²) >= 11 is 0. The maximum Gasteiger partial charge on any atom is 0.307 e. The van der Waals surface area contributed by atoms with Gasteiger partial charge in [-0.05, 0) is 38.5 Å². The van der Waals surface area contributed by atoms with E-state index in [2.05, 4.69) is 46.8 Å². The summed E-state index contributed by atoms with van der Waals surface area (Å²) in [6.07, 6.45) is 3.06. The molecule has 1 N–H and O–H groups in total. The number of nitrogens with one attached hydrogen (secondary N) is 1. The summed E-state index contributed by atoms with van der Waals surface area (Å²) in [5, 5.41) is 8.58. The van der Waals surface area contributed by atoms with Crippen LogP contribution in [0.15, 0.2) is 52.2 Å². The Morgan fingerprint density at radius 3 is 2.68 bits per heavy atom. The van der Waals surface area contributed by atoms with Crippen molar-refractivity contribution in [3.8, 4) is 0 Å². The molecule has 0 atom stereocenters. The Morgan fingerprint density at radius 1 is 1.24 bits per heavy atom. The predicted octanol–water partition coefficient (Wildman–Crippen LogP) is 3.21. The maximum absolute atomic E-state index is 11.8. The summed E-state index contributed by atoms with van der Waals surface area (Å²) in [5.74, 6) is -0.163. The number of furan rings is 1. The number of aromatic nitrogens is 2. The molecule has 2 heterocycles. The molecule has 0 aliphatic rings. The summed E-state index contributed by atoms with van der Waals surface area (Å²) in [4.78, 5) is 11.8. The highest BCUT2D eigenvalue weighted by Crippen LogP contribution is 2.13. The minimum atomic E-state index is -0.386. The molecule has 0 saturated heterocycles. The van der Waals surface area contributed by atoms with Crippen LogP contribution in [0.4, 0.5) is 0 Å². The molecule has 3 rings (SSSR count). The molecular weight excluding hydrogens is 316 g/mol. The van der Waals surface area contributed by atoms with Crippen molar-refractivity contribution >= 4 is 12.1 Å². The Balaban J connectivity index is 1.72. The molecule has 25 heavy (non-hydrogen) atoms. The Labute approximate surface area is 146 Å². The average Bonchev–Trinajstić information content (AvgIpc) is 3.21. The quantitative estimate of drug-likeness (QED) is 0.574. The van der Waals surface area contributed by atoms with Crippen molar-refractivity contribution in [1.82, 2.24) is 15.2 Å². The number of benzene rings is 1. The Kier molecular flexibility index (Phi) is 4.79. The first-order valence-electron chi connectivity index (χ1n) is 8.01. The molecule has 1 aromatic carbocycles. The van der Waals surface area contributed by atoms with E-state index in [1.165, 1.54) is 17.4 Å². The SMILES string of the molecule is Cc1ccc(Cn2nc(C)c(/C=N\NC(=O)c3ccco3)c2C)cc1. The topological polar surface area (TPSA) is 72.4 Å². The third kappa shape index (κ3) is 3.85. The molecule has 0 fully saturated rings. The monoisotopic (exact) mass is 336 g/mol. The molecular formula is C19H20N4O2. The summed E-state index contributed by atoms with van der Waals surface area (Å²) in [6.45, 7) is 6.68. The molecule has 2 aromatic heterocycles. The average molecular weight is 336 g/mol. The highest BCUT2D eigenvalue weighted by molar-refractivity contribution is 5.92. The van der Waals surface area contributed by atoms with Crippen molar-refractivity contribution in [2.75, 3.05) is 0 Å². The lowest BCUT2D eigenvalue weighted by molar-refractivity contribution is 0.0927. The first-order valence-corrected chi connectivity index (χ1v) is 8.01. The lowest BCUT2D eigenvalue weighted by Gasteiger charge is -2.05. The van der Waals surface area contributed by atoms with Crippen LogP contribution in [0.2, 0.25) is 0 Å². The van der Waals surface area contributed by atoms with Gasteiger partial charge in [-0.15, -0.1) is 0 Å². The van der Waals surface area contributed by atoms with Gasteiger partial charge >= 0.3 is 5.91 Å². The molecule has 0 aliphatic carbocycles. The minimum Gasteiger partial charge on any atom is -0.459 e. The van der Waals surface area contributed by atoms with E-state index in [-0.39, 0.29) is 11.7 Å². The number of aryl methyl sites for hydroxylation is 2. The molecule has 6 heteroatoms. The van der Waals surface area contributed by atoms with E-state index >= 15 is 0 Å². The third-order valence-electron chi connectivity index (χ3n) is 4.00. The van der Waals surface area contributed by atoms with Crippen LogP contribution in [0, 0.1) is 20.8 Å². The zero-order chi connectivity index (χ0) is 17.8. The van der Waals surface area contributed by atoms with E-state index in [1.54, 1.807) is 18.3 Å². The first-order chi connectivity index (χ1) is 12.0. The molecule has 6 nitrogen and oxygen atoms in total. The zero-order valence-electron chi connectivity index (χ0n) is 14.5. The molecule has 0 saturated carbocycles. The number of amides is 1. The predicted molar refractivity (Wildman–Crippen MR) is 95.8 cm³/mol. The maximum atomic E-state index is 11.8. The van der Waals surface area contributed by atoms with Gasteiger partial charge in [-0.3, -0.25) is 9.48 Å². The minimum absolute atomic E-state index is 0.223. The Morgan fingerprint density at radius 2 is 2.00 bits per heavy atom. The lowest BCUT2D eigenvalue weighted by atomic mass is 10.1. The van der Waals surface area contributed by atoms with Gasteiger partial charge in [0.05, 0.1) is 24.7 Å². The normalized spacial score (nSPS) is 11.2. The van der Waals surface area contributed by atoms with Crippen LogP contribution in [0.3, 0.4) is 0 Å². The van der Waals surface area contributed by atoms with Crippen LogP contribution in [0.1, 0.15) is 38.6 Å². The second-order valence-corrected chi connectivity index (χ2v) is 5.90. The molecule has 0 bridgehead atoms. The van der Waals surface area contributed by atoms with Crippen LogP contribution >= 0.6 is 0 Å². The van der Waals surface area contributed by atoms with E-state index in [1.807, 2.05) is 18.5 Å². The molecule has 0 aliphatic heterocycles. The van der Waals surface area contributed by atoms with Crippen molar-refractivity contribution in [3.63, 3.8) is 0 Å². The van der Waals surface area contributed by atoms with Gasteiger partial charge in [0, 0.05) is 11.3 Å². The van der Waals surface area contributed by atoms with Gasteiger partial charge in [0.25, 0.3) is 0 Å². The van der Waals surface area contributed by atoms with Crippen LogP contribution in [-0.4, -0.2) is 21.9 Å². The summed E-state index contributed by atoms with van der Waals surface area (Å²) in [7, 11) is 0. The molecule has 0 unspecified atom stereocenters. The number of carbonyl (C=O) groups is 1. The van der Waals surface area contributed by atoms with Gasteiger partial charge in [0.15, 0.2) is 5.76 Å². The van der Waals surface area contributed by atoms with E-state index < -0.39 is 0 Å². The number of carbonyl (C=O) groups excluding carboxylic acids is 1. The summed E-state index contributed by atoms with van der Waals surface area (Å²) in [6, 6.07) is 11.6. The first kappa shape index (κ1) is 16.7. The van der Waals surface area contributed by atoms with Crippen LogP contribution < -0.4 is 5.43 Å². The number of hydrazone groups is 1. The largest absolute Gasteiger partial charge is 0.459 e. The Bertz CT molecular complexity index is 890. The number of hydrogen-bond acceptors (Lipinski definition) is 4. The van der Waals surface area contributed by atoms with E-state index in [0.29, 0.717) is 6.54 Å². The molecule has 128 valence electrons. The van der Waals surface area contributed by atoms with Crippen molar-refractivity contribution in [1.29, 1.82) is 0 Å². The molecule has 3 aromatic rings. The van der Waals surface area contributed by atoms with E-state index in [4.69, 9.17) is 4.42 Å². The van der Waals surface area contributed by atoms with Gasteiger partial charge in [-0.25, -0.2) is 5.43 Å². The molecule has 0 spiro atoms. The zero-order valence-corrected chi connectivity index (χ0v) is 14.5. The molecule has 1 amide bonds.